The average molecular weight is 415 g/mol. The van der Waals surface area contributed by atoms with Gasteiger partial charge in [0.15, 0.2) is 11.4 Å². The SMILES string of the molecule is CCCC1(CC(OO)(c2ccccc2)c2ccccc2)C(=O)Nc2ccccc2C1=O. The molecule has 1 amide bonds. The number of fused-ring (bicyclic) bond motifs is 1. The Morgan fingerprint density at radius 1 is 0.871 bits per heavy atom. The van der Waals surface area contributed by atoms with Crippen LogP contribution in [0.3, 0.4) is 0 Å². The Morgan fingerprint density at radius 3 is 1.97 bits per heavy atom. The van der Waals surface area contributed by atoms with E-state index in [0.717, 1.165) is 0 Å². The summed E-state index contributed by atoms with van der Waals surface area (Å²) in [5, 5.41) is 13.2. The summed E-state index contributed by atoms with van der Waals surface area (Å²) < 4.78 is 0. The number of hydrogen-bond acceptors (Lipinski definition) is 4. The highest BCUT2D eigenvalue weighted by Gasteiger charge is 2.55. The number of hydrogen-bond donors (Lipinski definition) is 2. The van der Waals surface area contributed by atoms with Gasteiger partial charge in [0.25, 0.3) is 0 Å². The summed E-state index contributed by atoms with van der Waals surface area (Å²) in [6.07, 6.45) is 0.917. The fraction of sp³-hybridized carbons (Fsp3) is 0.231. The van der Waals surface area contributed by atoms with Crippen molar-refractivity contribution in [1.82, 2.24) is 0 Å². The number of rotatable bonds is 7. The summed E-state index contributed by atoms with van der Waals surface area (Å²) in [5.74, 6) is -0.617. The van der Waals surface area contributed by atoms with Gasteiger partial charge in [-0.25, -0.2) is 4.89 Å². The molecule has 4 rings (SSSR count). The molecule has 2 N–H and O–H groups in total. The molecular weight excluding hydrogens is 390 g/mol. The molecule has 0 saturated carbocycles. The molecule has 1 heterocycles. The second-order valence-electron chi connectivity index (χ2n) is 7.99. The normalized spacial score (nSPS) is 18.4. The molecule has 1 atom stereocenters. The fourth-order valence-electron chi connectivity index (χ4n) is 4.64. The molecule has 1 aliphatic rings. The zero-order valence-electron chi connectivity index (χ0n) is 17.4. The van der Waals surface area contributed by atoms with Crippen molar-refractivity contribution < 1.29 is 19.7 Å². The highest BCUT2D eigenvalue weighted by Crippen LogP contribution is 2.49. The van der Waals surface area contributed by atoms with Crippen LogP contribution in [0.5, 0.6) is 0 Å². The Kier molecular flexibility index (Phi) is 5.72. The van der Waals surface area contributed by atoms with E-state index in [2.05, 4.69) is 5.32 Å². The Bertz CT molecular complexity index is 1040. The van der Waals surface area contributed by atoms with Crippen LogP contribution in [-0.2, 0) is 15.3 Å². The minimum atomic E-state index is -1.39. The van der Waals surface area contributed by atoms with Gasteiger partial charge < -0.3 is 5.32 Å². The lowest BCUT2D eigenvalue weighted by Gasteiger charge is -2.42. The predicted octanol–water partition coefficient (Wildman–Crippen LogP) is 5.43. The smallest absolute Gasteiger partial charge is 0.238 e. The molecule has 158 valence electrons. The molecule has 0 aliphatic carbocycles. The molecule has 0 fully saturated rings. The first kappa shape index (κ1) is 21.0. The van der Waals surface area contributed by atoms with E-state index in [1.54, 1.807) is 24.3 Å². The van der Waals surface area contributed by atoms with Gasteiger partial charge in [-0.05, 0) is 29.7 Å². The zero-order chi connectivity index (χ0) is 21.9. The minimum Gasteiger partial charge on any atom is -0.325 e. The minimum absolute atomic E-state index is 0.0304. The molecule has 5 heteroatoms. The van der Waals surface area contributed by atoms with Crippen LogP contribution < -0.4 is 5.32 Å². The maximum absolute atomic E-state index is 13.8. The molecule has 31 heavy (non-hydrogen) atoms. The van der Waals surface area contributed by atoms with Crippen LogP contribution in [0.1, 0.15) is 47.7 Å². The number of benzene rings is 3. The summed E-state index contributed by atoms with van der Waals surface area (Å²) in [5.41, 5.74) is -0.464. The van der Waals surface area contributed by atoms with Crippen LogP contribution in [0.25, 0.3) is 0 Å². The Balaban J connectivity index is 1.92. The van der Waals surface area contributed by atoms with Crippen LogP contribution in [-0.4, -0.2) is 16.9 Å². The summed E-state index contributed by atoms with van der Waals surface area (Å²) >= 11 is 0. The number of amides is 1. The van der Waals surface area contributed by atoms with Crippen molar-refractivity contribution >= 4 is 17.4 Å². The Morgan fingerprint density at radius 2 is 1.42 bits per heavy atom. The standard InChI is InChI=1S/C26H25NO4/c1-2-17-25(23(28)21-15-9-10-16-22(21)27-24(25)29)18-26(31-30,19-11-5-3-6-12-19)20-13-7-4-8-14-20/h3-16,30H,2,17-18H2,1H3,(H,27,29). The molecule has 3 aromatic carbocycles. The van der Waals surface area contributed by atoms with Crippen LogP contribution in [0.15, 0.2) is 84.9 Å². The number of carbonyl (C=O) groups is 2. The lowest BCUT2D eigenvalue weighted by Crippen LogP contribution is -2.51. The van der Waals surface area contributed by atoms with E-state index in [9.17, 15) is 14.8 Å². The van der Waals surface area contributed by atoms with Crippen molar-refractivity contribution in [2.45, 2.75) is 31.8 Å². The van der Waals surface area contributed by atoms with E-state index in [4.69, 9.17) is 4.89 Å². The molecular formula is C26H25NO4. The summed E-state index contributed by atoms with van der Waals surface area (Å²) in [7, 11) is 0. The summed E-state index contributed by atoms with van der Waals surface area (Å²) in [4.78, 5) is 32.5. The Labute approximate surface area is 181 Å². The average Bonchev–Trinajstić information content (AvgIpc) is 2.82. The van der Waals surface area contributed by atoms with Crippen molar-refractivity contribution in [3.05, 3.63) is 102 Å². The predicted molar refractivity (Wildman–Crippen MR) is 119 cm³/mol. The molecule has 0 saturated heterocycles. The van der Waals surface area contributed by atoms with Crippen molar-refractivity contribution in [1.29, 1.82) is 0 Å². The van der Waals surface area contributed by atoms with Crippen molar-refractivity contribution in [3.63, 3.8) is 0 Å². The molecule has 0 spiro atoms. The third kappa shape index (κ3) is 3.46. The second-order valence-corrected chi connectivity index (χ2v) is 7.99. The van der Waals surface area contributed by atoms with Gasteiger partial charge in [-0.3, -0.25) is 14.8 Å². The van der Waals surface area contributed by atoms with Crippen LogP contribution >= 0.6 is 0 Å². The first-order chi connectivity index (χ1) is 15.1. The van der Waals surface area contributed by atoms with Gasteiger partial charge in [0.05, 0.1) is 5.69 Å². The monoisotopic (exact) mass is 415 g/mol. The fourth-order valence-corrected chi connectivity index (χ4v) is 4.64. The molecule has 0 radical (unpaired) electrons. The van der Waals surface area contributed by atoms with Gasteiger partial charge in [-0.15, -0.1) is 0 Å². The number of Topliss-reactive ketones (excluding diaryl/α,β-unsaturated/α-hetero) is 1. The highest BCUT2D eigenvalue weighted by molar-refractivity contribution is 6.24. The second kappa shape index (κ2) is 8.46. The largest absolute Gasteiger partial charge is 0.325 e. The number of anilines is 1. The first-order valence-electron chi connectivity index (χ1n) is 10.5. The van der Waals surface area contributed by atoms with E-state index in [0.29, 0.717) is 35.2 Å². The molecule has 0 aromatic heterocycles. The maximum Gasteiger partial charge on any atom is 0.238 e. The van der Waals surface area contributed by atoms with Gasteiger partial charge in [-0.2, -0.15) is 0 Å². The van der Waals surface area contributed by atoms with Crippen molar-refractivity contribution in [2.24, 2.45) is 5.41 Å². The van der Waals surface area contributed by atoms with E-state index in [1.165, 1.54) is 0 Å². The molecule has 5 nitrogen and oxygen atoms in total. The van der Waals surface area contributed by atoms with Crippen LogP contribution in [0, 0.1) is 5.41 Å². The third-order valence-corrected chi connectivity index (χ3v) is 6.15. The van der Waals surface area contributed by atoms with E-state index >= 15 is 0 Å². The van der Waals surface area contributed by atoms with Crippen molar-refractivity contribution in [3.8, 4) is 0 Å². The van der Waals surface area contributed by atoms with Gasteiger partial charge in [0, 0.05) is 12.0 Å². The molecule has 0 bridgehead atoms. The molecule has 1 aliphatic heterocycles. The van der Waals surface area contributed by atoms with Gasteiger partial charge in [0.2, 0.25) is 5.91 Å². The van der Waals surface area contributed by atoms with E-state index in [-0.39, 0.29) is 18.1 Å². The number of nitrogens with one attached hydrogen (secondary N) is 1. The topological polar surface area (TPSA) is 75.6 Å². The summed E-state index contributed by atoms with van der Waals surface area (Å²) in [6.45, 7) is 1.94. The third-order valence-electron chi connectivity index (χ3n) is 6.15. The first-order valence-corrected chi connectivity index (χ1v) is 10.5. The van der Waals surface area contributed by atoms with Crippen LogP contribution in [0.2, 0.25) is 0 Å². The highest BCUT2D eigenvalue weighted by atomic mass is 17.1. The number of carbonyl (C=O) groups excluding carboxylic acids is 2. The van der Waals surface area contributed by atoms with E-state index in [1.807, 2.05) is 67.6 Å². The van der Waals surface area contributed by atoms with E-state index < -0.39 is 11.0 Å². The van der Waals surface area contributed by atoms with Gasteiger partial charge in [0.1, 0.15) is 5.41 Å². The summed E-state index contributed by atoms with van der Waals surface area (Å²) in [6, 6.07) is 25.5. The number of ketones is 1. The van der Waals surface area contributed by atoms with Crippen molar-refractivity contribution in [2.75, 3.05) is 5.32 Å². The van der Waals surface area contributed by atoms with Gasteiger partial charge >= 0.3 is 0 Å². The number of para-hydroxylation sites is 1. The molecule has 1 unspecified atom stereocenters. The maximum atomic E-state index is 13.8. The molecule has 3 aromatic rings. The quantitative estimate of drug-likeness (QED) is 0.306. The van der Waals surface area contributed by atoms with Crippen LogP contribution in [0.4, 0.5) is 5.69 Å². The lowest BCUT2D eigenvalue weighted by atomic mass is 9.64. The Hall–Kier alpha value is -3.28. The zero-order valence-corrected chi connectivity index (χ0v) is 17.4. The van der Waals surface area contributed by atoms with Gasteiger partial charge in [-0.1, -0.05) is 86.1 Å². The lowest BCUT2D eigenvalue weighted by molar-refractivity contribution is -0.321.